The molecule has 0 bridgehead atoms. The van der Waals surface area contributed by atoms with Gasteiger partial charge in [0.25, 0.3) is 0 Å². The van der Waals surface area contributed by atoms with Gasteiger partial charge in [-0.2, -0.15) is 0 Å². The van der Waals surface area contributed by atoms with Gasteiger partial charge in [0.15, 0.2) is 0 Å². The zero-order valence-corrected chi connectivity index (χ0v) is 14.5. The molecule has 5 nitrogen and oxygen atoms in total. The standard InChI is InChI=1S/C20H24N2O3/c1-14-18(20(23)24)9-17(25-14)12-21-11-16-7-8-22(19(16)13-21)10-15-5-3-2-4-6-15/h2-6,9,16,19H,7-8,10-13H2,1H3,(H,23,24)/t16-,19+/m0/s1. The van der Waals surface area contributed by atoms with Crippen LogP contribution >= 0.6 is 0 Å². The zero-order chi connectivity index (χ0) is 17.4. The first-order valence-electron chi connectivity index (χ1n) is 8.93. The van der Waals surface area contributed by atoms with Crippen LogP contribution in [0.3, 0.4) is 0 Å². The van der Waals surface area contributed by atoms with Crippen LogP contribution in [-0.2, 0) is 13.1 Å². The lowest BCUT2D eigenvalue weighted by molar-refractivity contribution is 0.0695. The first-order valence-corrected chi connectivity index (χ1v) is 8.93. The SMILES string of the molecule is Cc1oc(CN2C[C@@H]3CCN(Cc4ccccc4)[C@@H]3C2)cc1C(=O)O. The number of hydrogen-bond acceptors (Lipinski definition) is 4. The molecular formula is C20H24N2O3. The number of carbonyl (C=O) groups is 1. The Hall–Kier alpha value is -2.11. The Bertz CT molecular complexity index is 756. The predicted molar refractivity (Wildman–Crippen MR) is 94.4 cm³/mol. The minimum Gasteiger partial charge on any atom is -0.478 e. The summed E-state index contributed by atoms with van der Waals surface area (Å²) >= 11 is 0. The summed E-state index contributed by atoms with van der Waals surface area (Å²) in [5, 5.41) is 9.17. The third-order valence-corrected chi connectivity index (χ3v) is 5.55. The van der Waals surface area contributed by atoms with E-state index >= 15 is 0 Å². The number of aromatic carboxylic acids is 1. The molecule has 0 spiro atoms. The van der Waals surface area contributed by atoms with Crippen LogP contribution in [0.15, 0.2) is 40.8 Å². The molecule has 0 amide bonds. The molecule has 0 radical (unpaired) electrons. The normalized spacial score (nSPS) is 23.9. The first kappa shape index (κ1) is 16.4. The van der Waals surface area contributed by atoms with Crippen molar-refractivity contribution in [3.8, 4) is 0 Å². The highest BCUT2D eigenvalue weighted by Crippen LogP contribution is 2.33. The highest BCUT2D eigenvalue weighted by Gasteiger charge is 2.41. The van der Waals surface area contributed by atoms with E-state index in [0.29, 0.717) is 24.3 Å². The van der Waals surface area contributed by atoms with Crippen LogP contribution in [0.2, 0.25) is 0 Å². The van der Waals surface area contributed by atoms with Crippen LogP contribution in [0.4, 0.5) is 0 Å². The molecule has 1 N–H and O–H groups in total. The summed E-state index contributed by atoms with van der Waals surface area (Å²) in [4.78, 5) is 16.2. The number of furan rings is 1. The van der Waals surface area contributed by atoms with E-state index in [9.17, 15) is 4.79 Å². The van der Waals surface area contributed by atoms with E-state index in [1.54, 1.807) is 13.0 Å². The minimum atomic E-state index is -0.917. The van der Waals surface area contributed by atoms with Crippen molar-refractivity contribution < 1.29 is 14.3 Å². The Kier molecular flexibility index (Phi) is 4.36. The lowest BCUT2D eigenvalue weighted by Crippen LogP contribution is -2.34. The fourth-order valence-corrected chi connectivity index (χ4v) is 4.33. The van der Waals surface area contributed by atoms with Crippen LogP contribution in [0.5, 0.6) is 0 Å². The summed E-state index contributed by atoms with van der Waals surface area (Å²) in [6.45, 7) is 6.69. The Morgan fingerprint density at radius 1 is 1.24 bits per heavy atom. The van der Waals surface area contributed by atoms with Crippen LogP contribution in [0.1, 0.15) is 33.9 Å². The van der Waals surface area contributed by atoms with E-state index in [2.05, 4.69) is 40.1 Å². The summed E-state index contributed by atoms with van der Waals surface area (Å²) in [6, 6.07) is 12.9. The Labute approximate surface area is 147 Å². The molecule has 5 heteroatoms. The lowest BCUT2D eigenvalue weighted by Gasteiger charge is -2.24. The molecule has 132 valence electrons. The van der Waals surface area contributed by atoms with E-state index in [1.807, 2.05) is 0 Å². The first-order chi connectivity index (χ1) is 12.1. The maximum atomic E-state index is 11.2. The van der Waals surface area contributed by atoms with Crippen molar-refractivity contribution in [2.45, 2.75) is 32.5 Å². The van der Waals surface area contributed by atoms with Gasteiger partial charge in [-0.1, -0.05) is 30.3 Å². The van der Waals surface area contributed by atoms with Crippen molar-refractivity contribution in [3.63, 3.8) is 0 Å². The zero-order valence-electron chi connectivity index (χ0n) is 14.5. The van der Waals surface area contributed by atoms with E-state index in [4.69, 9.17) is 9.52 Å². The molecule has 0 saturated carbocycles. The second kappa shape index (κ2) is 6.65. The van der Waals surface area contributed by atoms with E-state index in [-0.39, 0.29) is 5.56 Å². The van der Waals surface area contributed by atoms with E-state index in [0.717, 1.165) is 25.4 Å². The van der Waals surface area contributed by atoms with Crippen LogP contribution in [0.25, 0.3) is 0 Å². The van der Waals surface area contributed by atoms with Gasteiger partial charge in [-0.15, -0.1) is 0 Å². The molecule has 3 heterocycles. The third-order valence-electron chi connectivity index (χ3n) is 5.55. The number of carboxylic acid groups (broad SMARTS) is 1. The highest BCUT2D eigenvalue weighted by atomic mass is 16.4. The lowest BCUT2D eigenvalue weighted by atomic mass is 10.0. The number of rotatable bonds is 5. The van der Waals surface area contributed by atoms with Gasteiger partial charge in [-0.3, -0.25) is 9.80 Å². The number of fused-ring (bicyclic) bond motifs is 1. The number of benzene rings is 1. The molecule has 2 aromatic rings. The van der Waals surface area contributed by atoms with Gasteiger partial charge in [-0.25, -0.2) is 4.79 Å². The van der Waals surface area contributed by atoms with Crippen LogP contribution < -0.4 is 0 Å². The molecule has 0 aliphatic carbocycles. The molecule has 0 unspecified atom stereocenters. The Morgan fingerprint density at radius 3 is 2.76 bits per heavy atom. The average Bonchev–Trinajstić information content (AvgIpc) is 3.25. The van der Waals surface area contributed by atoms with Gasteiger partial charge in [0.1, 0.15) is 17.1 Å². The number of likely N-dealkylation sites (tertiary alicyclic amines) is 2. The monoisotopic (exact) mass is 340 g/mol. The van der Waals surface area contributed by atoms with Crippen LogP contribution in [-0.4, -0.2) is 46.6 Å². The number of nitrogens with zero attached hydrogens (tertiary/aromatic N) is 2. The van der Waals surface area contributed by atoms with Gasteiger partial charge >= 0.3 is 5.97 Å². The molecule has 4 rings (SSSR count). The fourth-order valence-electron chi connectivity index (χ4n) is 4.33. The van der Waals surface area contributed by atoms with Crippen molar-refractivity contribution in [2.24, 2.45) is 5.92 Å². The van der Waals surface area contributed by atoms with E-state index < -0.39 is 5.97 Å². The average molecular weight is 340 g/mol. The van der Waals surface area contributed by atoms with E-state index in [1.165, 1.54) is 18.5 Å². The van der Waals surface area contributed by atoms with Gasteiger partial charge in [0.05, 0.1) is 6.54 Å². The molecule has 2 aliphatic heterocycles. The van der Waals surface area contributed by atoms with Gasteiger partial charge in [0.2, 0.25) is 0 Å². The number of hydrogen-bond donors (Lipinski definition) is 1. The molecule has 2 atom stereocenters. The predicted octanol–water partition coefficient (Wildman–Crippen LogP) is 2.99. The largest absolute Gasteiger partial charge is 0.478 e. The second-order valence-electron chi connectivity index (χ2n) is 7.25. The van der Waals surface area contributed by atoms with Crippen LogP contribution in [0, 0.1) is 12.8 Å². The minimum absolute atomic E-state index is 0.278. The number of aryl methyl sites for hydroxylation is 1. The summed E-state index contributed by atoms with van der Waals surface area (Å²) < 4.78 is 5.65. The molecule has 1 aromatic heterocycles. The van der Waals surface area contributed by atoms with Crippen molar-refractivity contribution in [2.75, 3.05) is 19.6 Å². The Balaban J connectivity index is 1.39. The van der Waals surface area contributed by atoms with Gasteiger partial charge in [-0.05, 0) is 37.4 Å². The third kappa shape index (κ3) is 3.34. The van der Waals surface area contributed by atoms with Gasteiger partial charge in [0, 0.05) is 25.7 Å². The summed E-state index contributed by atoms with van der Waals surface area (Å²) in [7, 11) is 0. The topological polar surface area (TPSA) is 56.9 Å². The van der Waals surface area contributed by atoms with Crippen molar-refractivity contribution >= 4 is 5.97 Å². The summed E-state index contributed by atoms with van der Waals surface area (Å²) in [6.07, 6.45) is 1.24. The van der Waals surface area contributed by atoms with Crippen molar-refractivity contribution in [3.05, 3.63) is 59.0 Å². The molecule has 2 saturated heterocycles. The fraction of sp³-hybridized carbons (Fsp3) is 0.450. The number of carboxylic acids is 1. The maximum Gasteiger partial charge on any atom is 0.339 e. The second-order valence-corrected chi connectivity index (χ2v) is 7.25. The Morgan fingerprint density at radius 2 is 2.04 bits per heavy atom. The molecule has 2 aliphatic rings. The maximum absolute atomic E-state index is 11.2. The quantitative estimate of drug-likeness (QED) is 0.907. The summed E-state index contributed by atoms with van der Waals surface area (Å²) in [5.41, 5.74) is 1.65. The summed E-state index contributed by atoms with van der Waals surface area (Å²) in [5.74, 6) is 1.04. The smallest absolute Gasteiger partial charge is 0.339 e. The molecule has 25 heavy (non-hydrogen) atoms. The molecule has 2 fully saturated rings. The van der Waals surface area contributed by atoms with Crippen molar-refractivity contribution in [1.82, 2.24) is 9.80 Å². The highest BCUT2D eigenvalue weighted by molar-refractivity contribution is 5.88. The molecular weight excluding hydrogens is 316 g/mol. The molecule has 1 aromatic carbocycles. The van der Waals surface area contributed by atoms with Gasteiger partial charge < -0.3 is 9.52 Å². The van der Waals surface area contributed by atoms with Crippen molar-refractivity contribution in [1.29, 1.82) is 0 Å².